The van der Waals surface area contributed by atoms with Crippen LogP contribution in [0.25, 0.3) is 11.0 Å². The second kappa shape index (κ2) is 6.60. The molecule has 0 spiro atoms. The van der Waals surface area contributed by atoms with E-state index >= 15 is 0 Å². The lowest BCUT2D eigenvalue weighted by Crippen LogP contribution is -2.34. The van der Waals surface area contributed by atoms with E-state index in [-0.39, 0.29) is 30.4 Å². The van der Waals surface area contributed by atoms with Crippen LogP contribution in [0.2, 0.25) is 0 Å². The smallest absolute Gasteiger partial charge is 0.240 e. The number of para-hydroxylation sites is 2. The highest BCUT2D eigenvalue weighted by Gasteiger charge is 2.19. The molecule has 1 aromatic carbocycles. The minimum absolute atomic E-state index is 0.0746. The number of hydrogen-bond donors (Lipinski definition) is 2. The van der Waals surface area contributed by atoms with Crippen molar-refractivity contribution in [2.75, 3.05) is 0 Å². The van der Waals surface area contributed by atoms with Crippen molar-refractivity contribution in [1.29, 1.82) is 0 Å². The van der Waals surface area contributed by atoms with Crippen molar-refractivity contribution in [3.05, 3.63) is 30.1 Å². The molecular weight excluding hydrogens is 280 g/mol. The van der Waals surface area contributed by atoms with Gasteiger partial charge in [-0.15, -0.1) is 0 Å². The van der Waals surface area contributed by atoms with Crippen LogP contribution >= 0.6 is 0 Å². The molecule has 0 radical (unpaired) electrons. The Balaban J connectivity index is 2.39. The van der Waals surface area contributed by atoms with E-state index in [2.05, 4.69) is 15.6 Å². The number of carbonyl (C=O) groups excluding carboxylic acids is 2. The minimum atomic E-state index is -0.267. The molecule has 6 heteroatoms. The van der Waals surface area contributed by atoms with Gasteiger partial charge in [0.05, 0.1) is 17.1 Å². The quantitative estimate of drug-likeness (QED) is 0.883. The number of rotatable bonds is 5. The number of nitrogens with one attached hydrogen (secondary N) is 2. The van der Waals surface area contributed by atoms with E-state index < -0.39 is 0 Å². The second-order valence-corrected chi connectivity index (χ2v) is 5.69. The summed E-state index contributed by atoms with van der Waals surface area (Å²) >= 11 is 0. The summed E-state index contributed by atoms with van der Waals surface area (Å²) in [7, 11) is 0. The zero-order valence-electron chi connectivity index (χ0n) is 13.4. The minimum Gasteiger partial charge on any atom is -0.352 e. The highest BCUT2D eigenvalue weighted by molar-refractivity contribution is 5.81. The molecule has 6 nitrogen and oxygen atoms in total. The van der Waals surface area contributed by atoms with E-state index in [4.69, 9.17) is 0 Å². The van der Waals surface area contributed by atoms with Gasteiger partial charge in [0.25, 0.3) is 0 Å². The maximum atomic E-state index is 12.1. The van der Waals surface area contributed by atoms with Crippen LogP contribution in [0, 0.1) is 0 Å². The summed E-state index contributed by atoms with van der Waals surface area (Å²) in [6.45, 7) is 7.35. The van der Waals surface area contributed by atoms with Gasteiger partial charge in [-0.1, -0.05) is 12.1 Å². The third kappa shape index (κ3) is 3.63. The van der Waals surface area contributed by atoms with Crippen molar-refractivity contribution < 1.29 is 9.59 Å². The first-order valence-electron chi connectivity index (χ1n) is 7.40. The highest BCUT2D eigenvalue weighted by Crippen LogP contribution is 2.20. The maximum Gasteiger partial charge on any atom is 0.240 e. The van der Waals surface area contributed by atoms with Gasteiger partial charge in [0, 0.05) is 13.0 Å². The summed E-state index contributed by atoms with van der Waals surface area (Å²) in [6, 6.07) is 7.45. The number of hydrogen-bond acceptors (Lipinski definition) is 3. The Morgan fingerprint density at radius 1 is 1.18 bits per heavy atom. The van der Waals surface area contributed by atoms with Gasteiger partial charge in [-0.25, -0.2) is 4.98 Å². The molecule has 2 aromatic rings. The van der Waals surface area contributed by atoms with Gasteiger partial charge >= 0.3 is 0 Å². The number of carbonyl (C=O) groups is 2. The predicted octanol–water partition coefficient (Wildman–Crippen LogP) is 1.76. The van der Waals surface area contributed by atoms with Gasteiger partial charge in [-0.05, 0) is 32.9 Å². The number of imidazole rings is 1. The largest absolute Gasteiger partial charge is 0.352 e. The molecule has 2 N–H and O–H groups in total. The lowest BCUT2D eigenvalue weighted by molar-refractivity contribution is -0.122. The molecular formula is C16H22N4O2. The van der Waals surface area contributed by atoms with Gasteiger partial charge in [0.1, 0.15) is 12.4 Å². The normalized spacial score (nSPS) is 12.4. The maximum absolute atomic E-state index is 12.1. The Bertz CT molecular complexity index is 691. The molecule has 1 heterocycles. The molecule has 2 rings (SSSR count). The molecule has 22 heavy (non-hydrogen) atoms. The predicted molar refractivity (Wildman–Crippen MR) is 85.2 cm³/mol. The van der Waals surface area contributed by atoms with Crippen molar-refractivity contribution in [3.63, 3.8) is 0 Å². The van der Waals surface area contributed by atoms with Crippen LogP contribution in [-0.2, 0) is 16.1 Å². The van der Waals surface area contributed by atoms with Crippen LogP contribution in [0.3, 0.4) is 0 Å². The molecule has 1 aromatic heterocycles. The topological polar surface area (TPSA) is 76.0 Å². The number of nitrogens with zero attached hydrogens (tertiary/aromatic N) is 2. The van der Waals surface area contributed by atoms with Crippen molar-refractivity contribution in [3.8, 4) is 0 Å². The molecule has 0 saturated heterocycles. The first-order valence-corrected chi connectivity index (χ1v) is 7.40. The zero-order valence-corrected chi connectivity index (χ0v) is 13.4. The van der Waals surface area contributed by atoms with Crippen LogP contribution in [0.15, 0.2) is 24.3 Å². The van der Waals surface area contributed by atoms with Gasteiger partial charge in [-0.3, -0.25) is 9.59 Å². The molecule has 0 aliphatic carbocycles. The SMILES string of the molecule is CC(=O)NC(C)c1nc2ccccc2n1CC(=O)NC(C)C. The Labute approximate surface area is 129 Å². The van der Waals surface area contributed by atoms with Gasteiger partial charge < -0.3 is 15.2 Å². The van der Waals surface area contributed by atoms with Crippen LogP contribution in [0.1, 0.15) is 39.6 Å². The summed E-state index contributed by atoms with van der Waals surface area (Å²) in [5.74, 6) is 0.475. The van der Waals surface area contributed by atoms with E-state index in [0.717, 1.165) is 11.0 Å². The number of aromatic nitrogens is 2. The van der Waals surface area contributed by atoms with E-state index in [1.807, 2.05) is 49.6 Å². The Hall–Kier alpha value is -2.37. The number of fused-ring (bicyclic) bond motifs is 1. The van der Waals surface area contributed by atoms with Crippen LogP contribution in [0.5, 0.6) is 0 Å². The molecule has 1 atom stereocenters. The summed E-state index contributed by atoms with van der Waals surface area (Å²) in [5, 5.41) is 5.70. The third-order valence-corrected chi connectivity index (χ3v) is 3.24. The standard InChI is InChI=1S/C16H22N4O2/c1-10(2)17-15(22)9-20-14-8-6-5-7-13(14)19-16(20)11(3)18-12(4)21/h5-8,10-11H,9H2,1-4H3,(H,17,22)(H,18,21). The molecule has 0 bridgehead atoms. The molecule has 0 saturated carbocycles. The fraction of sp³-hybridized carbons (Fsp3) is 0.438. The van der Waals surface area contributed by atoms with Gasteiger partial charge in [-0.2, -0.15) is 0 Å². The highest BCUT2D eigenvalue weighted by atomic mass is 16.2. The van der Waals surface area contributed by atoms with E-state index in [9.17, 15) is 9.59 Å². The van der Waals surface area contributed by atoms with Crippen molar-refractivity contribution in [2.45, 2.75) is 46.3 Å². The van der Waals surface area contributed by atoms with Crippen LogP contribution < -0.4 is 10.6 Å². The van der Waals surface area contributed by atoms with Crippen molar-refractivity contribution in [1.82, 2.24) is 20.2 Å². The van der Waals surface area contributed by atoms with E-state index in [1.54, 1.807) is 0 Å². The molecule has 2 amide bonds. The Kier molecular flexibility index (Phi) is 4.80. The van der Waals surface area contributed by atoms with Crippen molar-refractivity contribution in [2.24, 2.45) is 0 Å². The lowest BCUT2D eigenvalue weighted by atomic mass is 10.3. The molecule has 0 aliphatic heterocycles. The van der Waals surface area contributed by atoms with Crippen molar-refractivity contribution >= 4 is 22.8 Å². The zero-order chi connectivity index (χ0) is 16.3. The van der Waals surface area contributed by atoms with Crippen LogP contribution in [-0.4, -0.2) is 27.4 Å². The lowest BCUT2D eigenvalue weighted by Gasteiger charge is -2.16. The third-order valence-electron chi connectivity index (χ3n) is 3.24. The second-order valence-electron chi connectivity index (χ2n) is 5.69. The molecule has 1 unspecified atom stereocenters. The Morgan fingerprint density at radius 2 is 1.86 bits per heavy atom. The summed E-state index contributed by atoms with van der Waals surface area (Å²) < 4.78 is 1.85. The van der Waals surface area contributed by atoms with E-state index in [1.165, 1.54) is 6.92 Å². The first-order chi connectivity index (χ1) is 10.4. The number of amides is 2. The molecule has 0 aliphatic rings. The molecule has 0 fully saturated rings. The summed E-state index contributed by atoms with van der Waals surface area (Å²) in [6.07, 6.45) is 0. The van der Waals surface area contributed by atoms with Gasteiger partial charge in [0.2, 0.25) is 11.8 Å². The van der Waals surface area contributed by atoms with E-state index in [0.29, 0.717) is 5.82 Å². The molecule has 118 valence electrons. The average molecular weight is 302 g/mol. The first kappa shape index (κ1) is 16.0. The van der Waals surface area contributed by atoms with Crippen LogP contribution in [0.4, 0.5) is 0 Å². The average Bonchev–Trinajstić information content (AvgIpc) is 2.76. The fourth-order valence-electron chi connectivity index (χ4n) is 2.47. The Morgan fingerprint density at radius 3 is 2.50 bits per heavy atom. The van der Waals surface area contributed by atoms with Gasteiger partial charge in [0.15, 0.2) is 0 Å². The summed E-state index contributed by atoms with van der Waals surface area (Å²) in [4.78, 5) is 28.0. The number of benzene rings is 1. The summed E-state index contributed by atoms with van der Waals surface area (Å²) in [5.41, 5.74) is 1.70. The fourth-order valence-corrected chi connectivity index (χ4v) is 2.47. The monoisotopic (exact) mass is 302 g/mol.